The fourth-order valence-corrected chi connectivity index (χ4v) is 4.23. The summed E-state index contributed by atoms with van der Waals surface area (Å²) >= 11 is 0. The van der Waals surface area contributed by atoms with Crippen LogP contribution < -0.4 is 14.9 Å². The molecule has 1 aliphatic heterocycles. The summed E-state index contributed by atoms with van der Waals surface area (Å²) in [7, 11) is 4.48. The van der Waals surface area contributed by atoms with Gasteiger partial charge in [0.2, 0.25) is 11.2 Å². The lowest BCUT2D eigenvalue weighted by atomic mass is 9.97. The number of carbonyl (C=O) groups excluding carboxylic acids is 1. The second-order valence-electron chi connectivity index (χ2n) is 8.07. The summed E-state index contributed by atoms with van der Waals surface area (Å²) in [6, 6.07) is 8.55. The van der Waals surface area contributed by atoms with Gasteiger partial charge in [0, 0.05) is 19.2 Å². The lowest BCUT2D eigenvalue weighted by molar-refractivity contribution is -0.141. The van der Waals surface area contributed by atoms with Crippen LogP contribution in [0, 0.1) is 0 Å². The summed E-state index contributed by atoms with van der Waals surface area (Å²) in [5, 5.41) is 10.5. The van der Waals surface area contributed by atoms with E-state index in [1.807, 2.05) is 12.1 Å². The number of esters is 1. The first-order chi connectivity index (χ1) is 16.4. The van der Waals surface area contributed by atoms with Gasteiger partial charge in [0.15, 0.2) is 17.3 Å². The Kier molecular flexibility index (Phi) is 6.93. The van der Waals surface area contributed by atoms with Crippen LogP contribution in [0.15, 0.2) is 50.2 Å². The van der Waals surface area contributed by atoms with Gasteiger partial charge in [-0.1, -0.05) is 0 Å². The van der Waals surface area contributed by atoms with E-state index in [0.717, 1.165) is 18.5 Å². The predicted octanol–water partition coefficient (Wildman–Crippen LogP) is 3.21. The highest BCUT2D eigenvalue weighted by molar-refractivity contribution is 5.71. The van der Waals surface area contributed by atoms with Crippen molar-refractivity contribution in [1.29, 1.82) is 0 Å². The van der Waals surface area contributed by atoms with Crippen LogP contribution in [0.4, 0.5) is 0 Å². The van der Waals surface area contributed by atoms with E-state index in [1.165, 1.54) is 25.0 Å². The third kappa shape index (κ3) is 4.79. The molecular weight excluding hydrogens is 442 g/mol. The fourth-order valence-electron chi connectivity index (χ4n) is 4.23. The minimum Gasteiger partial charge on any atom is -0.502 e. The molecule has 0 fully saturated rings. The van der Waals surface area contributed by atoms with Gasteiger partial charge in [0.1, 0.15) is 11.5 Å². The van der Waals surface area contributed by atoms with Crippen LogP contribution in [0.2, 0.25) is 0 Å². The zero-order chi connectivity index (χ0) is 24.2. The van der Waals surface area contributed by atoms with Gasteiger partial charge in [-0.2, -0.15) is 0 Å². The first-order valence-corrected chi connectivity index (χ1v) is 10.9. The second kappa shape index (κ2) is 10.0. The average molecular weight is 469 g/mol. The van der Waals surface area contributed by atoms with Crippen molar-refractivity contribution < 1.29 is 32.9 Å². The lowest BCUT2D eigenvalue weighted by Gasteiger charge is -2.29. The molecule has 0 amide bonds. The smallest absolute Gasteiger partial charge is 0.306 e. The van der Waals surface area contributed by atoms with Crippen molar-refractivity contribution in [2.24, 2.45) is 0 Å². The number of rotatable bonds is 8. The summed E-state index contributed by atoms with van der Waals surface area (Å²) in [5.74, 6) is 0.225. The summed E-state index contributed by atoms with van der Waals surface area (Å²) in [6.07, 6.45) is 2.10. The van der Waals surface area contributed by atoms with Crippen molar-refractivity contribution in [3.05, 3.63) is 75.2 Å². The van der Waals surface area contributed by atoms with Gasteiger partial charge in [-0.25, -0.2) is 0 Å². The predicted molar refractivity (Wildman–Crippen MR) is 121 cm³/mol. The van der Waals surface area contributed by atoms with Gasteiger partial charge in [0.25, 0.3) is 0 Å². The van der Waals surface area contributed by atoms with Gasteiger partial charge in [-0.05, 0) is 41.8 Å². The molecule has 0 aliphatic carbocycles. The summed E-state index contributed by atoms with van der Waals surface area (Å²) < 4.78 is 27.0. The molecule has 0 spiro atoms. The molecule has 1 N–H and O–H groups in total. The number of carbonyl (C=O) groups is 1. The van der Waals surface area contributed by atoms with Crippen molar-refractivity contribution in [1.82, 2.24) is 4.90 Å². The Labute approximate surface area is 196 Å². The van der Waals surface area contributed by atoms with Crippen LogP contribution in [0.5, 0.6) is 17.2 Å². The fraction of sp³-hybridized carbons (Fsp3) is 0.360. The number of furan rings is 1. The molecular formula is C25H27NO8. The Bertz CT molecular complexity index is 1210. The number of hydrogen-bond acceptors (Lipinski definition) is 9. The summed E-state index contributed by atoms with van der Waals surface area (Å²) in [6.45, 7) is 1.71. The third-order valence-electron chi connectivity index (χ3n) is 5.98. The minimum absolute atomic E-state index is 0.0216. The number of ether oxygens (including phenoxy) is 3. The zero-order valence-electron chi connectivity index (χ0n) is 19.3. The topological polar surface area (TPSA) is 112 Å². The number of methoxy groups -OCH3 is 3. The van der Waals surface area contributed by atoms with E-state index in [1.54, 1.807) is 26.4 Å². The van der Waals surface area contributed by atoms with Crippen molar-refractivity contribution in [3.63, 3.8) is 0 Å². The standard InChI is InChI=1S/C25H27NO8/c1-30-21-9-15-6-7-26(13-16(15)10-22(21)31-2)14-17-11-19(27)24(29)25(34-17)18(12-23(28)32-3)20-5-4-8-33-20/h4-5,8-11,18,29H,6-7,12-14H2,1-3H3. The Morgan fingerprint density at radius 2 is 1.88 bits per heavy atom. The SMILES string of the molecule is COC(=O)CC(c1ccco1)c1oc(CN2CCc3cc(OC)c(OC)cc3C2)cc(=O)c1O. The molecule has 3 aromatic rings. The van der Waals surface area contributed by atoms with Gasteiger partial charge >= 0.3 is 5.97 Å². The Hall–Kier alpha value is -3.72. The Morgan fingerprint density at radius 1 is 1.15 bits per heavy atom. The molecule has 180 valence electrons. The van der Waals surface area contributed by atoms with Gasteiger partial charge in [0.05, 0.1) is 46.5 Å². The molecule has 9 heteroatoms. The highest BCUT2D eigenvalue weighted by Gasteiger charge is 2.29. The van der Waals surface area contributed by atoms with Gasteiger partial charge in [-0.15, -0.1) is 0 Å². The molecule has 1 aliphatic rings. The summed E-state index contributed by atoms with van der Waals surface area (Å²) in [4.78, 5) is 26.7. The summed E-state index contributed by atoms with van der Waals surface area (Å²) in [5.41, 5.74) is 1.70. The van der Waals surface area contributed by atoms with E-state index in [4.69, 9.17) is 23.0 Å². The van der Waals surface area contributed by atoms with Crippen molar-refractivity contribution in [2.75, 3.05) is 27.9 Å². The zero-order valence-corrected chi connectivity index (χ0v) is 19.3. The number of fused-ring (bicyclic) bond motifs is 1. The molecule has 0 bridgehead atoms. The average Bonchev–Trinajstić information content (AvgIpc) is 3.38. The molecule has 3 heterocycles. The highest BCUT2D eigenvalue weighted by Crippen LogP contribution is 2.35. The maximum atomic E-state index is 12.6. The van der Waals surface area contributed by atoms with E-state index in [-0.39, 0.29) is 12.2 Å². The molecule has 0 radical (unpaired) electrons. The van der Waals surface area contributed by atoms with E-state index in [2.05, 4.69) is 4.90 Å². The quantitative estimate of drug-likeness (QED) is 0.497. The van der Waals surface area contributed by atoms with Gasteiger partial charge < -0.3 is 28.2 Å². The Morgan fingerprint density at radius 3 is 2.53 bits per heavy atom. The maximum absolute atomic E-state index is 12.6. The molecule has 2 aromatic heterocycles. The van der Waals surface area contributed by atoms with E-state index in [0.29, 0.717) is 36.1 Å². The van der Waals surface area contributed by atoms with Crippen LogP contribution >= 0.6 is 0 Å². The monoisotopic (exact) mass is 469 g/mol. The second-order valence-corrected chi connectivity index (χ2v) is 8.07. The first-order valence-electron chi connectivity index (χ1n) is 10.9. The number of benzene rings is 1. The van der Waals surface area contributed by atoms with Crippen LogP contribution in [0.1, 0.15) is 40.7 Å². The maximum Gasteiger partial charge on any atom is 0.306 e. The van der Waals surface area contributed by atoms with Crippen molar-refractivity contribution in [3.8, 4) is 17.2 Å². The van der Waals surface area contributed by atoms with E-state index < -0.39 is 23.1 Å². The van der Waals surface area contributed by atoms with Crippen LogP contribution in [-0.2, 0) is 29.0 Å². The first kappa shape index (κ1) is 23.4. The van der Waals surface area contributed by atoms with Crippen LogP contribution in [-0.4, -0.2) is 43.8 Å². The molecule has 4 rings (SSSR count). The number of hydrogen-bond donors (Lipinski definition) is 1. The Balaban J connectivity index is 1.61. The number of aromatic hydroxyl groups is 1. The van der Waals surface area contributed by atoms with E-state index in [9.17, 15) is 14.7 Å². The largest absolute Gasteiger partial charge is 0.502 e. The highest BCUT2D eigenvalue weighted by atomic mass is 16.5. The van der Waals surface area contributed by atoms with Crippen LogP contribution in [0.3, 0.4) is 0 Å². The third-order valence-corrected chi connectivity index (χ3v) is 5.98. The molecule has 1 unspecified atom stereocenters. The molecule has 0 saturated heterocycles. The van der Waals surface area contributed by atoms with E-state index >= 15 is 0 Å². The van der Waals surface area contributed by atoms with Crippen LogP contribution in [0.25, 0.3) is 0 Å². The molecule has 34 heavy (non-hydrogen) atoms. The normalized spacial score (nSPS) is 14.3. The van der Waals surface area contributed by atoms with Crippen molar-refractivity contribution >= 4 is 5.97 Å². The lowest BCUT2D eigenvalue weighted by Crippen LogP contribution is -2.30. The molecule has 1 atom stereocenters. The molecule has 0 saturated carbocycles. The van der Waals surface area contributed by atoms with Gasteiger partial charge in [-0.3, -0.25) is 14.5 Å². The number of nitrogens with zero attached hydrogens (tertiary/aromatic N) is 1. The van der Waals surface area contributed by atoms with Crippen molar-refractivity contribution in [2.45, 2.75) is 31.8 Å². The minimum atomic E-state index is -0.797. The molecule has 9 nitrogen and oxygen atoms in total. The molecule has 1 aromatic carbocycles.